The van der Waals surface area contributed by atoms with Crippen molar-refractivity contribution in [3.8, 4) is 5.75 Å². The Morgan fingerprint density at radius 1 is 1.35 bits per heavy atom. The lowest BCUT2D eigenvalue weighted by molar-refractivity contribution is 0.102. The number of carbonyl (C=O) groups is 1. The molecule has 0 unspecified atom stereocenters. The Bertz CT molecular complexity index is 599. The zero-order valence-electron chi connectivity index (χ0n) is 11.3. The highest BCUT2D eigenvalue weighted by Gasteiger charge is 2.10. The average molecular weight is 271 g/mol. The van der Waals surface area contributed by atoms with Crippen LogP contribution < -0.4 is 15.8 Å². The second-order valence-corrected chi connectivity index (χ2v) is 4.34. The molecule has 2 rings (SSSR count). The molecule has 1 aromatic heterocycles. The van der Waals surface area contributed by atoms with Crippen molar-refractivity contribution in [1.29, 1.82) is 0 Å². The van der Waals surface area contributed by atoms with Gasteiger partial charge < -0.3 is 15.8 Å². The number of benzene rings is 1. The molecule has 0 bridgehead atoms. The van der Waals surface area contributed by atoms with Crippen LogP contribution in [0.25, 0.3) is 0 Å². The maximum Gasteiger partial charge on any atom is 0.257 e. The lowest BCUT2D eigenvalue weighted by Crippen LogP contribution is -2.15. The summed E-state index contributed by atoms with van der Waals surface area (Å²) in [6.07, 6.45) is 3.24. The molecule has 1 heterocycles. The van der Waals surface area contributed by atoms with Crippen LogP contribution in [0.3, 0.4) is 0 Å². The Balaban J connectivity index is 2.15. The van der Waals surface area contributed by atoms with Crippen LogP contribution in [0.1, 0.15) is 15.9 Å². The normalized spacial score (nSPS) is 10.1. The Morgan fingerprint density at radius 2 is 2.15 bits per heavy atom. The summed E-state index contributed by atoms with van der Waals surface area (Å²) in [5, 5.41) is 2.82. The number of aryl methyl sites for hydroxylation is 1. The van der Waals surface area contributed by atoms with E-state index < -0.39 is 0 Å². The summed E-state index contributed by atoms with van der Waals surface area (Å²) in [5.74, 6) is 0.386. The van der Waals surface area contributed by atoms with Gasteiger partial charge in [-0.25, -0.2) is 0 Å². The monoisotopic (exact) mass is 271 g/mol. The number of para-hydroxylation sites is 2. The summed E-state index contributed by atoms with van der Waals surface area (Å²) >= 11 is 0. The van der Waals surface area contributed by atoms with Crippen LogP contribution in [0.5, 0.6) is 5.75 Å². The van der Waals surface area contributed by atoms with Crippen molar-refractivity contribution in [2.75, 3.05) is 18.5 Å². The Kier molecular flexibility index (Phi) is 4.68. The Labute approximate surface area is 117 Å². The van der Waals surface area contributed by atoms with Gasteiger partial charge in [-0.3, -0.25) is 9.78 Å². The van der Waals surface area contributed by atoms with Crippen molar-refractivity contribution in [1.82, 2.24) is 4.98 Å². The van der Waals surface area contributed by atoms with E-state index >= 15 is 0 Å². The van der Waals surface area contributed by atoms with Crippen LogP contribution in [0, 0.1) is 6.92 Å². The molecule has 0 radical (unpaired) electrons. The number of anilines is 1. The molecule has 0 fully saturated rings. The van der Waals surface area contributed by atoms with Crippen LogP contribution in [-0.2, 0) is 0 Å². The van der Waals surface area contributed by atoms with Crippen LogP contribution in [0.15, 0.2) is 42.7 Å². The van der Waals surface area contributed by atoms with Crippen LogP contribution in [0.2, 0.25) is 0 Å². The molecule has 5 heteroatoms. The topological polar surface area (TPSA) is 77.2 Å². The second kappa shape index (κ2) is 6.68. The Morgan fingerprint density at radius 3 is 2.90 bits per heavy atom. The summed E-state index contributed by atoms with van der Waals surface area (Å²) in [4.78, 5) is 16.2. The number of rotatable bonds is 5. The van der Waals surface area contributed by atoms with Gasteiger partial charge in [-0.1, -0.05) is 12.1 Å². The van der Waals surface area contributed by atoms with Crippen molar-refractivity contribution in [2.24, 2.45) is 5.73 Å². The van der Waals surface area contributed by atoms with Gasteiger partial charge in [-0.15, -0.1) is 0 Å². The van der Waals surface area contributed by atoms with Gasteiger partial charge in [0.05, 0.1) is 11.3 Å². The summed E-state index contributed by atoms with van der Waals surface area (Å²) < 4.78 is 5.49. The molecular formula is C15H17N3O2. The number of ether oxygens (including phenoxy) is 1. The molecule has 0 saturated heterocycles. The molecule has 0 saturated carbocycles. The fourth-order valence-corrected chi connectivity index (χ4v) is 1.74. The van der Waals surface area contributed by atoms with Crippen LogP contribution >= 0.6 is 0 Å². The predicted octanol–water partition coefficient (Wildman–Crippen LogP) is 1.98. The largest absolute Gasteiger partial charge is 0.490 e. The molecule has 20 heavy (non-hydrogen) atoms. The molecule has 0 aliphatic carbocycles. The quantitative estimate of drug-likeness (QED) is 0.871. The number of hydrogen-bond acceptors (Lipinski definition) is 4. The molecule has 104 valence electrons. The van der Waals surface area contributed by atoms with E-state index in [0.717, 1.165) is 5.56 Å². The van der Waals surface area contributed by atoms with Gasteiger partial charge in [0.1, 0.15) is 12.4 Å². The van der Waals surface area contributed by atoms with Gasteiger partial charge in [-0.2, -0.15) is 0 Å². The summed E-state index contributed by atoms with van der Waals surface area (Å²) in [5.41, 5.74) is 7.48. The highest BCUT2D eigenvalue weighted by atomic mass is 16.5. The van der Waals surface area contributed by atoms with E-state index in [2.05, 4.69) is 10.3 Å². The minimum Gasteiger partial charge on any atom is -0.490 e. The van der Waals surface area contributed by atoms with Gasteiger partial charge in [0.15, 0.2) is 0 Å². The lowest BCUT2D eigenvalue weighted by Gasteiger charge is -2.11. The van der Waals surface area contributed by atoms with Crippen LogP contribution in [-0.4, -0.2) is 24.0 Å². The molecule has 3 N–H and O–H groups in total. The lowest BCUT2D eigenvalue weighted by atomic mass is 10.2. The van der Waals surface area contributed by atoms with E-state index in [1.54, 1.807) is 24.4 Å². The van der Waals surface area contributed by atoms with Gasteiger partial charge in [0.25, 0.3) is 5.91 Å². The number of hydrogen-bond donors (Lipinski definition) is 2. The maximum atomic E-state index is 12.2. The third-order valence-corrected chi connectivity index (χ3v) is 2.65. The molecule has 1 aromatic carbocycles. The smallest absolute Gasteiger partial charge is 0.257 e. The molecule has 0 spiro atoms. The number of carbonyl (C=O) groups excluding carboxylic acids is 1. The molecule has 2 aromatic rings. The zero-order chi connectivity index (χ0) is 14.4. The number of amides is 1. The van der Waals surface area contributed by atoms with Crippen LogP contribution in [0.4, 0.5) is 5.69 Å². The number of nitrogens with zero attached hydrogens (tertiary/aromatic N) is 1. The van der Waals surface area contributed by atoms with Crippen molar-refractivity contribution in [2.45, 2.75) is 6.92 Å². The van der Waals surface area contributed by atoms with E-state index in [-0.39, 0.29) is 5.91 Å². The number of aromatic nitrogens is 1. The van der Waals surface area contributed by atoms with E-state index in [1.807, 2.05) is 19.1 Å². The molecule has 0 aliphatic heterocycles. The van der Waals surface area contributed by atoms with E-state index in [9.17, 15) is 4.79 Å². The third-order valence-electron chi connectivity index (χ3n) is 2.65. The first kappa shape index (κ1) is 14.0. The minimum absolute atomic E-state index is 0.218. The highest BCUT2D eigenvalue weighted by Crippen LogP contribution is 2.24. The Hall–Kier alpha value is -2.40. The minimum atomic E-state index is -0.218. The zero-order valence-corrected chi connectivity index (χ0v) is 11.3. The number of pyridine rings is 1. The maximum absolute atomic E-state index is 12.2. The molecule has 0 atom stereocenters. The molecule has 0 aliphatic rings. The first-order chi connectivity index (χ1) is 9.70. The first-order valence-corrected chi connectivity index (χ1v) is 6.35. The predicted molar refractivity (Wildman–Crippen MR) is 77.9 cm³/mol. The van der Waals surface area contributed by atoms with Crippen molar-refractivity contribution in [3.63, 3.8) is 0 Å². The van der Waals surface area contributed by atoms with Crippen molar-refractivity contribution < 1.29 is 9.53 Å². The van der Waals surface area contributed by atoms with Crippen molar-refractivity contribution in [3.05, 3.63) is 53.9 Å². The average Bonchev–Trinajstić information content (AvgIpc) is 2.46. The van der Waals surface area contributed by atoms with Gasteiger partial charge in [0.2, 0.25) is 0 Å². The fraction of sp³-hybridized carbons (Fsp3) is 0.200. The summed E-state index contributed by atoms with van der Waals surface area (Å²) in [6, 6.07) is 9.04. The fourth-order valence-electron chi connectivity index (χ4n) is 1.74. The van der Waals surface area contributed by atoms with Crippen molar-refractivity contribution >= 4 is 11.6 Å². The summed E-state index contributed by atoms with van der Waals surface area (Å²) in [6.45, 7) is 2.71. The van der Waals surface area contributed by atoms with E-state index in [4.69, 9.17) is 10.5 Å². The number of nitrogens with two attached hydrogens (primary N) is 1. The van der Waals surface area contributed by atoms with Gasteiger partial charge in [-0.05, 0) is 30.7 Å². The third kappa shape index (κ3) is 3.55. The van der Waals surface area contributed by atoms with E-state index in [1.165, 1.54) is 6.20 Å². The summed E-state index contributed by atoms with van der Waals surface area (Å²) in [7, 11) is 0. The molecular weight excluding hydrogens is 254 g/mol. The standard InChI is InChI=1S/C15H17N3O2/c1-11-8-12(10-17-9-11)15(19)18-13-4-2-3-5-14(13)20-7-6-16/h2-5,8-10H,6-7,16H2,1H3,(H,18,19). The van der Waals surface area contributed by atoms with Gasteiger partial charge >= 0.3 is 0 Å². The highest BCUT2D eigenvalue weighted by molar-refractivity contribution is 6.04. The number of nitrogens with one attached hydrogen (secondary N) is 1. The first-order valence-electron chi connectivity index (χ1n) is 6.35. The second-order valence-electron chi connectivity index (χ2n) is 4.34. The molecule has 5 nitrogen and oxygen atoms in total. The molecule has 1 amide bonds. The SMILES string of the molecule is Cc1cncc(C(=O)Nc2ccccc2OCCN)c1. The van der Waals surface area contributed by atoms with Gasteiger partial charge in [0, 0.05) is 18.9 Å². The van der Waals surface area contributed by atoms with E-state index in [0.29, 0.717) is 30.2 Å².